The van der Waals surface area contributed by atoms with Gasteiger partial charge in [-0.1, -0.05) is 17.7 Å². The lowest BCUT2D eigenvalue weighted by atomic mass is 10.1. The second-order valence-electron chi connectivity index (χ2n) is 6.62. The van der Waals surface area contributed by atoms with Crippen LogP contribution in [0.3, 0.4) is 0 Å². The van der Waals surface area contributed by atoms with Gasteiger partial charge in [0.1, 0.15) is 5.75 Å². The number of amides is 1. The summed E-state index contributed by atoms with van der Waals surface area (Å²) in [5.74, 6) is -0.274. The van der Waals surface area contributed by atoms with Crippen LogP contribution in [-0.4, -0.2) is 24.6 Å². The molecule has 0 spiro atoms. The maximum Gasteiger partial charge on any atom is 0.417 e. The zero-order valence-electron chi connectivity index (χ0n) is 16.7. The number of carbonyl (C=O) groups excluding carboxylic acids is 1. The molecule has 1 aliphatic heterocycles. The minimum absolute atomic E-state index is 0.0508. The third-order valence-electron chi connectivity index (χ3n) is 4.34. The Morgan fingerprint density at radius 1 is 1.09 bits per heavy atom. The first-order valence-electron chi connectivity index (χ1n) is 9.26. The summed E-state index contributed by atoms with van der Waals surface area (Å²) in [4.78, 5) is 12.3. The molecule has 0 saturated heterocycles. The number of alkyl halides is 3. The fourth-order valence-electron chi connectivity index (χ4n) is 2.84. The first kappa shape index (κ1) is 23.0. The minimum Gasteiger partial charge on any atom is -0.455 e. The normalized spacial score (nSPS) is 17.3. The van der Waals surface area contributed by atoms with Crippen LogP contribution in [0.2, 0.25) is 5.02 Å². The van der Waals surface area contributed by atoms with Gasteiger partial charge in [0.2, 0.25) is 0 Å². The molecule has 5 N–H and O–H groups in total. The highest BCUT2D eigenvalue weighted by molar-refractivity contribution is 6.31. The van der Waals surface area contributed by atoms with Crippen molar-refractivity contribution in [2.75, 3.05) is 17.7 Å². The van der Waals surface area contributed by atoms with E-state index in [2.05, 4.69) is 21.3 Å². The van der Waals surface area contributed by atoms with Gasteiger partial charge in [-0.15, -0.1) is 0 Å². The van der Waals surface area contributed by atoms with Gasteiger partial charge in [0.15, 0.2) is 5.96 Å². The Hall–Kier alpha value is -3.66. The summed E-state index contributed by atoms with van der Waals surface area (Å²) in [7, 11) is 1.49. The third-order valence-corrected chi connectivity index (χ3v) is 4.67. The highest BCUT2D eigenvalue weighted by atomic mass is 35.5. The Labute approximate surface area is 186 Å². The van der Waals surface area contributed by atoms with E-state index in [4.69, 9.17) is 21.7 Å². The average Bonchev–Trinajstić information content (AvgIpc) is 2.75. The van der Waals surface area contributed by atoms with Gasteiger partial charge in [0, 0.05) is 24.6 Å². The molecule has 168 valence electrons. The molecule has 1 atom stereocenters. The number of guanidine groups is 1. The van der Waals surface area contributed by atoms with Crippen molar-refractivity contribution < 1.29 is 22.7 Å². The second kappa shape index (κ2) is 9.23. The van der Waals surface area contributed by atoms with Crippen molar-refractivity contribution in [2.45, 2.75) is 11.9 Å². The van der Waals surface area contributed by atoms with Gasteiger partial charge in [0.05, 0.1) is 10.6 Å². The Morgan fingerprint density at radius 3 is 2.34 bits per heavy atom. The van der Waals surface area contributed by atoms with Crippen LogP contribution in [0.1, 0.15) is 5.56 Å². The number of likely N-dealkylation sites (N-methyl/N-ethyl adjacent to an activating group) is 1. The molecule has 0 saturated carbocycles. The van der Waals surface area contributed by atoms with Crippen LogP contribution in [0.25, 0.3) is 0 Å². The van der Waals surface area contributed by atoms with E-state index in [1.54, 1.807) is 48.7 Å². The van der Waals surface area contributed by atoms with Crippen molar-refractivity contribution in [1.82, 2.24) is 10.6 Å². The number of halogens is 4. The predicted octanol–water partition coefficient (Wildman–Crippen LogP) is 4.31. The molecule has 3 rings (SSSR count). The maximum atomic E-state index is 13.0. The maximum absolute atomic E-state index is 13.0. The Bertz CT molecular complexity index is 1070. The van der Waals surface area contributed by atoms with Crippen LogP contribution in [0, 0.1) is 5.41 Å². The number of dihydropyridines is 1. The highest BCUT2D eigenvalue weighted by Crippen LogP contribution is 2.36. The van der Waals surface area contributed by atoms with Gasteiger partial charge in [-0.3, -0.25) is 10.2 Å². The van der Waals surface area contributed by atoms with Gasteiger partial charge in [-0.2, -0.15) is 13.2 Å². The number of hydrogen-bond acceptors (Lipinski definition) is 4. The predicted molar refractivity (Wildman–Crippen MR) is 117 cm³/mol. The van der Waals surface area contributed by atoms with Crippen molar-refractivity contribution in [3.8, 4) is 5.75 Å². The number of nitrogens with one attached hydrogen (secondary N) is 5. The van der Waals surface area contributed by atoms with Crippen LogP contribution < -0.4 is 26.0 Å². The van der Waals surface area contributed by atoms with Crippen LogP contribution >= 0.6 is 11.6 Å². The van der Waals surface area contributed by atoms with Crippen molar-refractivity contribution in [1.29, 1.82) is 5.41 Å². The molecule has 0 aliphatic carbocycles. The van der Waals surface area contributed by atoms with Gasteiger partial charge < -0.3 is 26.0 Å². The standard InChI is InChI=1S/C21H19ClF3N5O2/c1-27-18(31)20(10-2-3-11-28-20)32-15-7-4-13(5-8-15)29-19(26)30-14-6-9-17(22)16(12-14)21(23,24)25/h2-12,28H,1H3,(H,27,31)(H3,26,29,30). The lowest BCUT2D eigenvalue weighted by Crippen LogP contribution is -2.58. The number of rotatable bonds is 5. The number of anilines is 2. The topological polar surface area (TPSA) is 98.3 Å². The summed E-state index contributed by atoms with van der Waals surface area (Å²) < 4.78 is 44.8. The van der Waals surface area contributed by atoms with Crippen molar-refractivity contribution in [3.63, 3.8) is 0 Å². The molecule has 1 aliphatic rings. The number of ether oxygens (including phenoxy) is 1. The molecule has 2 aromatic rings. The summed E-state index contributed by atoms with van der Waals surface area (Å²) in [6, 6.07) is 9.62. The second-order valence-corrected chi connectivity index (χ2v) is 7.03. The largest absolute Gasteiger partial charge is 0.455 e. The molecular formula is C21H19ClF3N5O2. The number of hydrogen-bond donors (Lipinski definition) is 5. The van der Waals surface area contributed by atoms with E-state index in [0.717, 1.165) is 12.1 Å². The quantitative estimate of drug-likeness (QED) is 0.335. The van der Waals surface area contributed by atoms with E-state index >= 15 is 0 Å². The van der Waals surface area contributed by atoms with E-state index in [9.17, 15) is 18.0 Å². The molecule has 0 bridgehead atoms. The summed E-state index contributed by atoms with van der Waals surface area (Å²) in [5, 5.41) is 18.2. The molecule has 1 unspecified atom stereocenters. The summed E-state index contributed by atoms with van der Waals surface area (Å²) >= 11 is 5.60. The zero-order chi connectivity index (χ0) is 23.4. The van der Waals surface area contributed by atoms with E-state index < -0.39 is 28.4 Å². The SMILES string of the molecule is CNC(=O)C1(Oc2ccc(NC(=N)Nc3ccc(Cl)c(C(F)(F)F)c3)cc2)C=CC=CN1. The number of allylic oxidation sites excluding steroid dienone is 2. The first-order valence-corrected chi connectivity index (χ1v) is 9.63. The minimum atomic E-state index is -4.61. The first-order chi connectivity index (χ1) is 15.1. The fourth-order valence-corrected chi connectivity index (χ4v) is 3.06. The van der Waals surface area contributed by atoms with Gasteiger partial charge in [-0.25, -0.2) is 0 Å². The van der Waals surface area contributed by atoms with E-state index in [1.807, 2.05) is 0 Å². The summed E-state index contributed by atoms with van der Waals surface area (Å²) in [6.45, 7) is 0. The van der Waals surface area contributed by atoms with Gasteiger partial charge in [0.25, 0.3) is 11.6 Å². The smallest absolute Gasteiger partial charge is 0.417 e. The monoisotopic (exact) mass is 465 g/mol. The molecule has 0 radical (unpaired) electrons. The number of benzene rings is 2. The number of carbonyl (C=O) groups is 1. The Morgan fingerprint density at radius 2 is 1.75 bits per heavy atom. The molecule has 0 aromatic heterocycles. The van der Waals surface area contributed by atoms with E-state index in [-0.39, 0.29) is 11.6 Å². The summed E-state index contributed by atoms with van der Waals surface area (Å²) in [5.41, 5.74) is -1.88. The van der Waals surface area contributed by atoms with Crippen molar-refractivity contribution in [3.05, 3.63) is 77.5 Å². The molecule has 0 fully saturated rings. The van der Waals surface area contributed by atoms with E-state index in [0.29, 0.717) is 11.4 Å². The Balaban J connectivity index is 1.66. The Kier molecular flexibility index (Phi) is 6.64. The van der Waals surface area contributed by atoms with Crippen LogP contribution in [0.15, 0.2) is 66.9 Å². The zero-order valence-corrected chi connectivity index (χ0v) is 17.4. The molecule has 32 heavy (non-hydrogen) atoms. The molecule has 7 nitrogen and oxygen atoms in total. The molecular weight excluding hydrogens is 447 g/mol. The van der Waals surface area contributed by atoms with Crippen LogP contribution in [-0.2, 0) is 11.0 Å². The summed E-state index contributed by atoms with van der Waals surface area (Å²) in [6.07, 6.45) is 1.94. The van der Waals surface area contributed by atoms with Gasteiger partial charge >= 0.3 is 6.18 Å². The molecule has 11 heteroatoms. The van der Waals surface area contributed by atoms with Crippen molar-refractivity contribution in [2.24, 2.45) is 0 Å². The molecule has 1 heterocycles. The third kappa shape index (κ3) is 5.33. The molecule has 1 amide bonds. The molecule has 2 aromatic carbocycles. The van der Waals surface area contributed by atoms with Crippen LogP contribution in [0.4, 0.5) is 24.5 Å². The van der Waals surface area contributed by atoms with E-state index in [1.165, 1.54) is 13.1 Å². The lowest BCUT2D eigenvalue weighted by Gasteiger charge is -2.31. The highest BCUT2D eigenvalue weighted by Gasteiger charge is 2.37. The average molecular weight is 466 g/mol. The van der Waals surface area contributed by atoms with Crippen LogP contribution in [0.5, 0.6) is 5.75 Å². The van der Waals surface area contributed by atoms with Gasteiger partial charge in [-0.05, 0) is 54.6 Å². The van der Waals surface area contributed by atoms with Crippen molar-refractivity contribution >= 4 is 34.8 Å². The lowest BCUT2D eigenvalue weighted by molar-refractivity contribution is -0.137. The fraction of sp³-hybridized carbons (Fsp3) is 0.143.